The molecule has 7 heteroatoms. The lowest BCUT2D eigenvalue weighted by molar-refractivity contribution is -0.140. The number of esters is 1. The quantitative estimate of drug-likeness (QED) is 0.658. The zero-order chi connectivity index (χ0) is 18.1. The van der Waals surface area contributed by atoms with Crippen molar-refractivity contribution in [2.45, 2.75) is 51.1 Å². The van der Waals surface area contributed by atoms with Gasteiger partial charge in [0, 0.05) is 5.82 Å². The molecule has 0 aliphatic carbocycles. The minimum atomic E-state index is -0.688. The minimum absolute atomic E-state index is 0.0219. The summed E-state index contributed by atoms with van der Waals surface area (Å²) in [5.41, 5.74) is -0.556. The molecule has 0 radical (unpaired) electrons. The molecule has 1 saturated heterocycles. The second-order valence-corrected chi connectivity index (χ2v) is 6.94. The lowest BCUT2D eigenvalue weighted by Crippen LogP contribution is -2.41. The van der Waals surface area contributed by atoms with Crippen molar-refractivity contribution in [2.24, 2.45) is 0 Å². The zero-order valence-electron chi connectivity index (χ0n) is 15.1. The highest BCUT2D eigenvalue weighted by Crippen LogP contribution is 2.43. The Kier molecular flexibility index (Phi) is 5.15. The molecular weight excluding hydrogens is 311 g/mol. The number of methoxy groups -OCH3 is 2. The minimum Gasteiger partial charge on any atom is -0.508 e. The molecule has 0 saturated carbocycles. The number of ether oxygens (including phenoxy) is 2. The first-order valence-electron chi connectivity index (χ1n) is 7.90. The van der Waals surface area contributed by atoms with Gasteiger partial charge in [0.2, 0.25) is 0 Å². The van der Waals surface area contributed by atoms with Gasteiger partial charge in [-0.3, -0.25) is 4.79 Å². The van der Waals surface area contributed by atoms with Crippen LogP contribution in [0.2, 0.25) is 0 Å². The molecule has 0 amide bonds. The fourth-order valence-electron chi connectivity index (χ4n) is 2.63. The van der Waals surface area contributed by atoms with Crippen molar-refractivity contribution in [1.82, 2.24) is 0 Å². The highest BCUT2D eigenvalue weighted by Gasteiger charge is 2.54. The lowest BCUT2D eigenvalue weighted by Gasteiger charge is -2.32. The maximum absolute atomic E-state index is 11.9. The number of phenols is 1. The fourth-order valence-corrected chi connectivity index (χ4v) is 2.63. The molecule has 1 aliphatic rings. The van der Waals surface area contributed by atoms with E-state index in [9.17, 15) is 9.90 Å². The predicted molar refractivity (Wildman–Crippen MR) is 90.1 cm³/mol. The van der Waals surface area contributed by atoms with E-state index < -0.39 is 30.1 Å². The van der Waals surface area contributed by atoms with Crippen molar-refractivity contribution in [3.05, 3.63) is 23.8 Å². The van der Waals surface area contributed by atoms with Crippen molar-refractivity contribution >= 4 is 13.1 Å². The summed E-state index contributed by atoms with van der Waals surface area (Å²) in [5.74, 6) is -0.292. The molecule has 0 bridgehead atoms. The van der Waals surface area contributed by atoms with Crippen LogP contribution in [0.15, 0.2) is 18.2 Å². The van der Waals surface area contributed by atoms with E-state index in [0.29, 0.717) is 11.3 Å². The maximum atomic E-state index is 11.9. The molecule has 1 fully saturated rings. The predicted octanol–water partition coefficient (Wildman–Crippen LogP) is 2.68. The third kappa shape index (κ3) is 3.52. The van der Waals surface area contributed by atoms with Crippen LogP contribution in [-0.4, -0.2) is 43.6 Å². The van der Waals surface area contributed by atoms with Crippen LogP contribution in [0.3, 0.4) is 0 Å². The molecule has 1 N–H and O–H groups in total. The van der Waals surface area contributed by atoms with Crippen molar-refractivity contribution in [2.75, 3.05) is 14.2 Å². The molecule has 1 aromatic carbocycles. The van der Waals surface area contributed by atoms with Gasteiger partial charge in [-0.05, 0) is 51.5 Å². The average Bonchev–Trinajstić information content (AvgIpc) is 2.73. The van der Waals surface area contributed by atoms with Crippen molar-refractivity contribution in [1.29, 1.82) is 0 Å². The molecule has 1 heterocycles. The summed E-state index contributed by atoms with van der Waals surface area (Å²) in [5, 5.41) is 10.3. The first-order valence-corrected chi connectivity index (χ1v) is 7.90. The van der Waals surface area contributed by atoms with Crippen LogP contribution >= 0.6 is 0 Å². The van der Waals surface area contributed by atoms with Gasteiger partial charge >= 0.3 is 13.1 Å². The monoisotopic (exact) mass is 336 g/mol. The van der Waals surface area contributed by atoms with Crippen LogP contribution in [0.4, 0.5) is 0 Å². The van der Waals surface area contributed by atoms with E-state index in [4.69, 9.17) is 18.8 Å². The standard InChI is InChI=1S/C17H25BO6/c1-16(2)17(3,4)24-18(23-16)13(10-15(20)22-6)12-9-11(21-5)7-8-14(12)19/h7-9,13,19H,10H2,1-6H3. The summed E-state index contributed by atoms with van der Waals surface area (Å²) < 4.78 is 22.2. The van der Waals surface area contributed by atoms with Crippen molar-refractivity contribution in [3.8, 4) is 11.5 Å². The normalized spacial score (nSPS) is 19.8. The van der Waals surface area contributed by atoms with Gasteiger partial charge in [-0.15, -0.1) is 0 Å². The van der Waals surface area contributed by atoms with Crippen LogP contribution in [-0.2, 0) is 18.8 Å². The van der Waals surface area contributed by atoms with Gasteiger partial charge in [0.15, 0.2) is 0 Å². The topological polar surface area (TPSA) is 74.2 Å². The first kappa shape index (κ1) is 18.6. The SMILES string of the molecule is COC(=O)CC(B1OC(C)(C)C(C)(C)O1)c1cc(OC)ccc1O. The Morgan fingerprint density at radius 1 is 1.21 bits per heavy atom. The Morgan fingerprint density at radius 2 is 1.79 bits per heavy atom. The van der Waals surface area contributed by atoms with Crippen LogP contribution in [0.1, 0.15) is 45.5 Å². The number of carbonyl (C=O) groups excluding carboxylic acids is 1. The van der Waals surface area contributed by atoms with Crippen LogP contribution in [0.5, 0.6) is 11.5 Å². The Morgan fingerprint density at radius 3 is 2.29 bits per heavy atom. The lowest BCUT2D eigenvalue weighted by atomic mass is 9.66. The van der Waals surface area contributed by atoms with Crippen LogP contribution < -0.4 is 4.74 Å². The molecule has 24 heavy (non-hydrogen) atoms. The summed E-state index contributed by atoms with van der Waals surface area (Å²) in [6, 6.07) is 4.87. The third-order valence-electron chi connectivity index (χ3n) is 4.85. The van der Waals surface area contributed by atoms with E-state index in [1.807, 2.05) is 27.7 Å². The Balaban J connectivity index is 2.42. The molecular formula is C17H25BO6. The smallest absolute Gasteiger partial charge is 0.466 e. The zero-order valence-corrected chi connectivity index (χ0v) is 15.1. The molecule has 1 aromatic rings. The van der Waals surface area contributed by atoms with E-state index in [1.54, 1.807) is 19.2 Å². The summed E-state index contributed by atoms with van der Waals surface area (Å²) in [7, 11) is 2.18. The van der Waals surface area contributed by atoms with Gasteiger partial charge in [-0.1, -0.05) is 0 Å². The average molecular weight is 336 g/mol. The number of hydrogen-bond donors (Lipinski definition) is 1. The molecule has 1 aliphatic heterocycles. The number of carbonyl (C=O) groups is 1. The van der Waals surface area contributed by atoms with E-state index in [1.165, 1.54) is 13.2 Å². The van der Waals surface area contributed by atoms with E-state index in [0.717, 1.165) is 0 Å². The van der Waals surface area contributed by atoms with E-state index in [2.05, 4.69) is 0 Å². The molecule has 0 spiro atoms. The second kappa shape index (κ2) is 6.65. The van der Waals surface area contributed by atoms with Gasteiger partial charge < -0.3 is 23.9 Å². The van der Waals surface area contributed by atoms with Gasteiger partial charge in [-0.25, -0.2) is 0 Å². The van der Waals surface area contributed by atoms with Gasteiger partial charge in [0.05, 0.1) is 31.8 Å². The van der Waals surface area contributed by atoms with Gasteiger partial charge in [-0.2, -0.15) is 0 Å². The summed E-state index contributed by atoms with van der Waals surface area (Å²) in [4.78, 5) is 11.9. The van der Waals surface area contributed by atoms with Crippen molar-refractivity contribution < 1.29 is 28.7 Å². The summed E-state index contributed by atoms with van der Waals surface area (Å²) in [6.07, 6.45) is 0.0219. The largest absolute Gasteiger partial charge is 0.508 e. The van der Waals surface area contributed by atoms with Gasteiger partial charge in [0.25, 0.3) is 0 Å². The Hall–Kier alpha value is -1.73. The fraction of sp³-hybridized carbons (Fsp3) is 0.588. The maximum Gasteiger partial charge on any atom is 0.466 e. The number of hydrogen-bond acceptors (Lipinski definition) is 6. The highest BCUT2D eigenvalue weighted by molar-refractivity contribution is 6.48. The first-order chi connectivity index (χ1) is 11.1. The van der Waals surface area contributed by atoms with Crippen molar-refractivity contribution in [3.63, 3.8) is 0 Å². The molecule has 132 valence electrons. The Labute approximate surface area is 143 Å². The molecule has 0 aromatic heterocycles. The van der Waals surface area contributed by atoms with E-state index in [-0.39, 0.29) is 12.2 Å². The molecule has 6 nitrogen and oxygen atoms in total. The van der Waals surface area contributed by atoms with E-state index >= 15 is 0 Å². The number of rotatable bonds is 5. The van der Waals surface area contributed by atoms with Crippen LogP contribution in [0, 0.1) is 0 Å². The van der Waals surface area contributed by atoms with Gasteiger partial charge in [0.1, 0.15) is 11.5 Å². The van der Waals surface area contributed by atoms with Crippen LogP contribution in [0.25, 0.3) is 0 Å². The number of benzene rings is 1. The molecule has 2 rings (SSSR count). The second-order valence-electron chi connectivity index (χ2n) is 6.94. The highest BCUT2D eigenvalue weighted by atomic mass is 16.7. The summed E-state index contributed by atoms with van der Waals surface area (Å²) >= 11 is 0. The third-order valence-corrected chi connectivity index (χ3v) is 4.85. The molecule has 1 unspecified atom stereocenters. The molecule has 1 atom stereocenters. The summed E-state index contributed by atoms with van der Waals surface area (Å²) in [6.45, 7) is 7.75. The Bertz CT molecular complexity index is 597. The number of phenolic OH excluding ortho intramolecular Hbond substituents is 1. The number of aromatic hydroxyl groups is 1.